The molecule has 0 saturated carbocycles. The molecule has 2 heterocycles. The van der Waals surface area contributed by atoms with Crippen LogP contribution in [-0.2, 0) is 9.59 Å². The predicted molar refractivity (Wildman–Crippen MR) is 136 cm³/mol. The number of nitriles is 1. The molecule has 3 amide bonds. The van der Waals surface area contributed by atoms with Crippen molar-refractivity contribution in [2.24, 2.45) is 11.8 Å². The fraction of sp³-hybridized carbons (Fsp3) is 0.538. The lowest BCUT2D eigenvalue weighted by molar-refractivity contribution is -0.125. The summed E-state index contributed by atoms with van der Waals surface area (Å²) in [6.45, 7) is 10.5. The van der Waals surface area contributed by atoms with Crippen LogP contribution in [0.1, 0.15) is 57.4 Å². The number of amides is 3. The van der Waals surface area contributed by atoms with E-state index in [1.54, 1.807) is 6.07 Å². The summed E-state index contributed by atoms with van der Waals surface area (Å²) in [4.78, 5) is 43.4. The SMILES string of the molecule is CCN(CC)c1ccc2cc(C(=O)N[C@@H](CC(C)C)C(=O)N[C@H](C#N)C[C@@H]3CCNC3=O)[nH]c2c1. The number of carbonyl (C=O) groups excluding carboxylic acids is 3. The standard InChI is InChI=1S/C26H36N6O3/c1-5-32(6-2)20-8-7-17-13-23(30-21(17)14-20)26(35)31-22(11-16(3)4)25(34)29-19(15-27)12-18-9-10-28-24(18)33/h7-8,13-14,16,18-19,22,30H,5-6,9-12H2,1-4H3,(H,28,33)(H,29,34)(H,31,35)/t18-,19-,22-/m0/s1. The van der Waals surface area contributed by atoms with Crippen molar-refractivity contribution >= 4 is 34.3 Å². The van der Waals surface area contributed by atoms with Crippen LogP contribution in [0.4, 0.5) is 5.69 Å². The van der Waals surface area contributed by atoms with E-state index in [0.717, 1.165) is 29.7 Å². The molecule has 35 heavy (non-hydrogen) atoms. The average molecular weight is 481 g/mol. The molecule has 1 aliphatic heterocycles. The van der Waals surface area contributed by atoms with Crippen molar-refractivity contribution in [1.29, 1.82) is 5.26 Å². The minimum atomic E-state index is -0.798. The first kappa shape index (κ1) is 26.1. The number of rotatable bonds is 11. The third kappa shape index (κ3) is 6.53. The predicted octanol–water partition coefficient (Wildman–Crippen LogP) is 2.69. The number of benzene rings is 1. The molecule has 0 unspecified atom stereocenters. The highest BCUT2D eigenvalue weighted by molar-refractivity contribution is 6.00. The fourth-order valence-corrected chi connectivity index (χ4v) is 4.53. The van der Waals surface area contributed by atoms with Crippen molar-refractivity contribution in [3.8, 4) is 6.07 Å². The van der Waals surface area contributed by atoms with Gasteiger partial charge < -0.3 is 25.8 Å². The van der Waals surface area contributed by atoms with Crippen LogP contribution in [0.15, 0.2) is 24.3 Å². The number of carbonyl (C=O) groups is 3. The molecule has 0 radical (unpaired) electrons. The largest absolute Gasteiger partial charge is 0.372 e. The highest BCUT2D eigenvalue weighted by atomic mass is 16.2. The first-order valence-electron chi connectivity index (χ1n) is 12.4. The maximum Gasteiger partial charge on any atom is 0.268 e. The van der Waals surface area contributed by atoms with Gasteiger partial charge in [0.25, 0.3) is 5.91 Å². The van der Waals surface area contributed by atoms with Gasteiger partial charge >= 0.3 is 0 Å². The number of fused-ring (bicyclic) bond motifs is 1. The molecule has 1 aromatic heterocycles. The van der Waals surface area contributed by atoms with Crippen LogP contribution in [0.3, 0.4) is 0 Å². The van der Waals surface area contributed by atoms with Crippen LogP contribution in [0.2, 0.25) is 0 Å². The molecule has 1 aromatic carbocycles. The Kier molecular flexibility index (Phi) is 8.74. The zero-order chi connectivity index (χ0) is 25.5. The molecular weight excluding hydrogens is 444 g/mol. The van der Waals surface area contributed by atoms with Crippen LogP contribution in [0, 0.1) is 23.2 Å². The summed E-state index contributed by atoms with van der Waals surface area (Å²) in [7, 11) is 0. The Morgan fingerprint density at radius 1 is 1.20 bits per heavy atom. The Morgan fingerprint density at radius 3 is 2.54 bits per heavy atom. The molecule has 9 heteroatoms. The van der Waals surface area contributed by atoms with E-state index in [1.165, 1.54) is 0 Å². The third-order valence-corrected chi connectivity index (χ3v) is 6.46. The molecule has 1 aliphatic rings. The second kappa shape index (κ2) is 11.7. The Hall–Kier alpha value is -3.54. The van der Waals surface area contributed by atoms with E-state index in [2.05, 4.69) is 45.8 Å². The Bertz CT molecular complexity index is 1100. The maximum atomic E-state index is 13.1. The summed E-state index contributed by atoms with van der Waals surface area (Å²) >= 11 is 0. The van der Waals surface area contributed by atoms with E-state index >= 15 is 0 Å². The van der Waals surface area contributed by atoms with Crippen molar-refractivity contribution in [2.75, 3.05) is 24.5 Å². The van der Waals surface area contributed by atoms with Crippen LogP contribution in [-0.4, -0.2) is 54.4 Å². The van der Waals surface area contributed by atoms with Gasteiger partial charge in [-0.2, -0.15) is 5.26 Å². The smallest absolute Gasteiger partial charge is 0.268 e. The van der Waals surface area contributed by atoms with Gasteiger partial charge in [0.2, 0.25) is 11.8 Å². The van der Waals surface area contributed by atoms with Gasteiger partial charge in [-0.05, 0) is 57.2 Å². The van der Waals surface area contributed by atoms with Crippen molar-refractivity contribution in [3.63, 3.8) is 0 Å². The first-order valence-corrected chi connectivity index (χ1v) is 12.4. The van der Waals surface area contributed by atoms with Gasteiger partial charge in [-0.25, -0.2) is 0 Å². The Morgan fingerprint density at radius 2 is 1.94 bits per heavy atom. The number of hydrogen-bond acceptors (Lipinski definition) is 5. The minimum Gasteiger partial charge on any atom is -0.372 e. The molecule has 1 fully saturated rings. The summed E-state index contributed by atoms with van der Waals surface area (Å²) in [5.41, 5.74) is 2.30. The van der Waals surface area contributed by atoms with E-state index in [9.17, 15) is 19.6 Å². The van der Waals surface area contributed by atoms with E-state index in [-0.39, 0.29) is 30.1 Å². The monoisotopic (exact) mass is 480 g/mol. The van der Waals surface area contributed by atoms with Crippen molar-refractivity contribution in [3.05, 3.63) is 30.0 Å². The summed E-state index contributed by atoms with van der Waals surface area (Å²) in [5.74, 6) is -1.03. The average Bonchev–Trinajstić information content (AvgIpc) is 3.44. The molecule has 188 valence electrons. The lowest BCUT2D eigenvalue weighted by atomic mass is 9.98. The van der Waals surface area contributed by atoms with Gasteiger partial charge in [0.15, 0.2) is 0 Å². The van der Waals surface area contributed by atoms with Crippen molar-refractivity contribution < 1.29 is 14.4 Å². The van der Waals surface area contributed by atoms with Crippen LogP contribution in [0.25, 0.3) is 10.9 Å². The highest BCUT2D eigenvalue weighted by Gasteiger charge is 2.30. The molecule has 0 bridgehead atoms. The summed E-state index contributed by atoms with van der Waals surface area (Å²) in [5, 5.41) is 18.8. The Labute approximate surface area is 206 Å². The zero-order valence-corrected chi connectivity index (χ0v) is 21.0. The maximum absolute atomic E-state index is 13.1. The lowest BCUT2D eigenvalue weighted by Crippen LogP contribution is -2.50. The molecule has 4 N–H and O–H groups in total. The number of anilines is 1. The summed E-state index contributed by atoms with van der Waals surface area (Å²) in [6.07, 6.45) is 1.33. The van der Waals surface area contributed by atoms with E-state index in [0.29, 0.717) is 25.1 Å². The van der Waals surface area contributed by atoms with Gasteiger partial charge in [-0.15, -0.1) is 0 Å². The van der Waals surface area contributed by atoms with E-state index < -0.39 is 18.0 Å². The van der Waals surface area contributed by atoms with Crippen LogP contribution >= 0.6 is 0 Å². The van der Waals surface area contributed by atoms with Gasteiger partial charge in [0, 0.05) is 42.1 Å². The van der Waals surface area contributed by atoms with Gasteiger partial charge in [-0.1, -0.05) is 19.9 Å². The third-order valence-electron chi connectivity index (χ3n) is 6.46. The molecule has 1 saturated heterocycles. The highest BCUT2D eigenvalue weighted by Crippen LogP contribution is 2.23. The molecule has 0 spiro atoms. The minimum absolute atomic E-state index is 0.0884. The lowest BCUT2D eigenvalue weighted by Gasteiger charge is -2.22. The van der Waals surface area contributed by atoms with Crippen LogP contribution < -0.4 is 20.9 Å². The number of nitrogens with one attached hydrogen (secondary N) is 4. The molecule has 9 nitrogen and oxygen atoms in total. The molecule has 3 atom stereocenters. The van der Waals surface area contributed by atoms with E-state index in [4.69, 9.17) is 0 Å². The van der Waals surface area contributed by atoms with Gasteiger partial charge in [0.05, 0.1) is 6.07 Å². The Balaban J connectivity index is 1.71. The van der Waals surface area contributed by atoms with Gasteiger partial charge in [-0.3, -0.25) is 14.4 Å². The van der Waals surface area contributed by atoms with Crippen molar-refractivity contribution in [1.82, 2.24) is 20.9 Å². The first-order chi connectivity index (χ1) is 16.7. The molecule has 3 rings (SSSR count). The number of nitrogens with zero attached hydrogens (tertiary/aromatic N) is 2. The number of H-pyrrole nitrogens is 1. The number of hydrogen-bond donors (Lipinski definition) is 4. The molecule has 2 aromatic rings. The fourth-order valence-electron chi connectivity index (χ4n) is 4.53. The number of aromatic nitrogens is 1. The second-order valence-electron chi connectivity index (χ2n) is 9.49. The summed E-state index contributed by atoms with van der Waals surface area (Å²) < 4.78 is 0. The number of aromatic amines is 1. The topological polar surface area (TPSA) is 130 Å². The normalized spacial score (nSPS) is 17.0. The second-order valence-corrected chi connectivity index (χ2v) is 9.49. The van der Waals surface area contributed by atoms with Gasteiger partial charge in [0.1, 0.15) is 17.8 Å². The zero-order valence-electron chi connectivity index (χ0n) is 21.0. The van der Waals surface area contributed by atoms with Crippen LogP contribution in [0.5, 0.6) is 0 Å². The van der Waals surface area contributed by atoms with E-state index in [1.807, 2.05) is 32.0 Å². The molecule has 0 aliphatic carbocycles. The van der Waals surface area contributed by atoms with Crippen molar-refractivity contribution in [2.45, 2.75) is 59.0 Å². The summed E-state index contributed by atoms with van der Waals surface area (Å²) in [6, 6.07) is 8.30. The quantitative estimate of drug-likeness (QED) is 0.393. The molecular formula is C26H36N6O3.